The number of carbonyl (C=O) groups excluding carboxylic acids is 2. The molecule has 1 saturated carbocycles. The zero-order valence-electron chi connectivity index (χ0n) is 22.4. The summed E-state index contributed by atoms with van der Waals surface area (Å²) in [7, 11) is 0. The predicted molar refractivity (Wildman–Crippen MR) is 145 cm³/mol. The molecule has 4 N–H and O–H groups in total. The first-order valence-electron chi connectivity index (χ1n) is 13.2. The standard InChI is InChI=1S/C28H39N5O4/c1-5-28(6-7-28)27(36)32-24-16-21(29-8-9-33-10-12-37-13-11-33)15-22(20(24)4)25(34)30-17-23-18(2)14-19(3)31-26(23)35/h14-16,29H,5-13,17H2,1-4H3,(H,30,34)(H,31,35)(H,32,36). The van der Waals surface area contributed by atoms with Crippen LogP contribution in [0, 0.1) is 26.2 Å². The Morgan fingerprint density at radius 3 is 2.49 bits per heavy atom. The van der Waals surface area contributed by atoms with Crippen molar-refractivity contribution in [2.75, 3.05) is 50.0 Å². The molecule has 1 saturated heterocycles. The molecule has 0 unspecified atom stereocenters. The van der Waals surface area contributed by atoms with E-state index < -0.39 is 0 Å². The predicted octanol–water partition coefficient (Wildman–Crippen LogP) is 3.10. The van der Waals surface area contributed by atoms with Crippen molar-refractivity contribution in [1.82, 2.24) is 15.2 Å². The lowest BCUT2D eigenvalue weighted by Gasteiger charge is -2.26. The minimum Gasteiger partial charge on any atom is -0.384 e. The Labute approximate surface area is 218 Å². The molecule has 200 valence electrons. The van der Waals surface area contributed by atoms with Gasteiger partial charge in [0.15, 0.2) is 0 Å². The second-order valence-electron chi connectivity index (χ2n) is 10.3. The lowest BCUT2D eigenvalue weighted by molar-refractivity contribution is -0.121. The highest BCUT2D eigenvalue weighted by Crippen LogP contribution is 2.49. The topological polar surface area (TPSA) is 116 Å². The molecular weight excluding hydrogens is 470 g/mol. The van der Waals surface area contributed by atoms with E-state index in [-0.39, 0.29) is 29.3 Å². The van der Waals surface area contributed by atoms with Crippen LogP contribution in [0.1, 0.15) is 58.9 Å². The smallest absolute Gasteiger partial charge is 0.253 e. The van der Waals surface area contributed by atoms with Gasteiger partial charge in [0.05, 0.1) is 13.2 Å². The number of ether oxygens (including phenoxy) is 1. The Morgan fingerprint density at radius 1 is 1.11 bits per heavy atom. The van der Waals surface area contributed by atoms with Gasteiger partial charge in [-0.2, -0.15) is 0 Å². The highest BCUT2D eigenvalue weighted by Gasteiger charge is 2.48. The van der Waals surface area contributed by atoms with Crippen LogP contribution < -0.4 is 21.5 Å². The summed E-state index contributed by atoms with van der Waals surface area (Å²) < 4.78 is 5.42. The first-order valence-corrected chi connectivity index (χ1v) is 13.2. The number of nitrogens with one attached hydrogen (secondary N) is 4. The molecule has 1 aromatic heterocycles. The largest absolute Gasteiger partial charge is 0.384 e. The third kappa shape index (κ3) is 6.40. The van der Waals surface area contributed by atoms with Crippen LogP contribution in [0.5, 0.6) is 0 Å². The maximum Gasteiger partial charge on any atom is 0.253 e. The molecule has 9 heteroatoms. The molecule has 0 radical (unpaired) electrons. The van der Waals surface area contributed by atoms with E-state index in [2.05, 4.69) is 25.8 Å². The molecule has 2 amide bonds. The van der Waals surface area contributed by atoms with E-state index in [0.29, 0.717) is 28.9 Å². The minimum atomic E-state index is -0.293. The number of carbonyl (C=O) groups is 2. The molecule has 0 bridgehead atoms. The van der Waals surface area contributed by atoms with Gasteiger partial charge >= 0.3 is 0 Å². The van der Waals surface area contributed by atoms with Crippen LogP contribution >= 0.6 is 0 Å². The Balaban J connectivity index is 1.53. The second-order valence-corrected chi connectivity index (χ2v) is 10.3. The Bertz CT molecular complexity index is 1210. The fourth-order valence-corrected chi connectivity index (χ4v) is 4.88. The van der Waals surface area contributed by atoms with Crippen molar-refractivity contribution in [3.63, 3.8) is 0 Å². The van der Waals surface area contributed by atoms with Gasteiger partial charge in [0.25, 0.3) is 11.5 Å². The number of hydrogen-bond donors (Lipinski definition) is 4. The molecule has 37 heavy (non-hydrogen) atoms. The van der Waals surface area contributed by atoms with Crippen molar-refractivity contribution in [3.05, 3.63) is 56.5 Å². The zero-order chi connectivity index (χ0) is 26.6. The summed E-state index contributed by atoms with van der Waals surface area (Å²) in [5.41, 5.74) is 4.22. The summed E-state index contributed by atoms with van der Waals surface area (Å²) in [6, 6.07) is 5.62. The van der Waals surface area contributed by atoms with Gasteiger partial charge in [-0.25, -0.2) is 0 Å². The van der Waals surface area contributed by atoms with E-state index in [4.69, 9.17) is 4.74 Å². The molecule has 1 aliphatic carbocycles. The summed E-state index contributed by atoms with van der Waals surface area (Å²) in [6.45, 7) is 12.6. The van der Waals surface area contributed by atoms with Gasteiger partial charge in [0.2, 0.25) is 5.91 Å². The number of pyridine rings is 1. The Kier molecular flexibility index (Phi) is 8.34. The highest BCUT2D eigenvalue weighted by atomic mass is 16.5. The van der Waals surface area contributed by atoms with E-state index in [1.54, 1.807) is 0 Å². The van der Waals surface area contributed by atoms with E-state index >= 15 is 0 Å². The van der Waals surface area contributed by atoms with Gasteiger partial charge in [-0.3, -0.25) is 19.3 Å². The molecule has 2 fully saturated rings. The number of morpholine rings is 1. The van der Waals surface area contributed by atoms with Crippen molar-refractivity contribution in [3.8, 4) is 0 Å². The normalized spacial score (nSPS) is 16.8. The number of aromatic nitrogens is 1. The maximum atomic E-state index is 13.3. The van der Waals surface area contributed by atoms with Gasteiger partial charge in [-0.05, 0) is 69.4 Å². The molecule has 2 aromatic rings. The molecule has 2 heterocycles. The van der Waals surface area contributed by atoms with Gasteiger partial charge in [0.1, 0.15) is 0 Å². The summed E-state index contributed by atoms with van der Waals surface area (Å²) in [5.74, 6) is -0.280. The number of H-pyrrole nitrogens is 1. The van der Waals surface area contributed by atoms with Gasteiger partial charge in [-0.15, -0.1) is 0 Å². The van der Waals surface area contributed by atoms with E-state index in [0.717, 1.165) is 69.1 Å². The fraction of sp³-hybridized carbons (Fsp3) is 0.536. The van der Waals surface area contributed by atoms with Crippen LogP contribution in [0.4, 0.5) is 11.4 Å². The molecule has 0 atom stereocenters. The average Bonchev–Trinajstić information content (AvgIpc) is 3.67. The number of benzene rings is 1. The molecule has 2 aliphatic rings. The quantitative estimate of drug-likeness (QED) is 0.391. The van der Waals surface area contributed by atoms with Crippen molar-refractivity contribution in [2.24, 2.45) is 5.41 Å². The van der Waals surface area contributed by atoms with Crippen molar-refractivity contribution in [2.45, 2.75) is 53.5 Å². The monoisotopic (exact) mass is 509 g/mol. The van der Waals surface area contributed by atoms with Crippen LogP contribution in [0.2, 0.25) is 0 Å². The van der Waals surface area contributed by atoms with Crippen LogP contribution in [0.15, 0.2) is 23.0 Å². The van der Waals surface area contributed by atoms with E-state index in [1.807, 2.05) is 45.9 Å². The minimum absolute atomic E-state index is 0.0109. The van der Waals surface area contributed by atoms with E-state index in [9.17, 15) is 14.4 Å². The second kappa shape index (κ2) is 11.5. The number of aryl methyl sites for hydroxylation is 2. The fourth-order valence-electron chi connectivity index (χ4n) is 4.88. The molecule has 1 aromatic carbocycles. The molecule has 1 aliphatic heterocycles. The van der Waals surface area contributed by atoms with Crippen LogP contribution in [0.3, 0.4) is 0 Å². The SMILES string of the molecule is CCC1(C(=O)Nc2cc(NCCN3CCOCC3)cc(C(=O)NCc3c(C)cc(C)[nH]c3=O)c2C)CC1. The van der Waals surface area contributed by atoms with Crippen molar-refractivity contribution >= 4 is 23.2 Å². The zero-order valence-corrected chi connectivity index (χ0v) is 22.4. The number of aromatic amines is 1. The molecule has 9 nitrogen and oxygen atoms in total. The molecular formula is C28H39N5O4. The van der Waals surface area contributed by atoms with Crippen LogP contribution in [-0.2, 0) is 16.1 Å². The number of anilines is 2. The highest BCUT2D eigenvalue weighted by molar-refractivity contribution is 6.02. The first kappa shape index (κ1) is 26.9. The number of rotatable bonds is 10. The van der Waals surface area contributed by atoms with Gasteiger partial charge in [-0.1, -0.05) is 6.92 Å². The van der Waals surface area contributed by atoms with Crippen molar-refractivity contribution < 1.29 is 14.3 Å². The third-order valence-corrected chi connectivity index (χ3v) is 7.69. The summed E-state index contributed by atoms with van der Waals surface area (Å²) in [4.78, 5) is 43.9. The average molecular weight is 510 g/mol. The summed E-state index contributed by atoms with van der Waals surface area (Å²) in [6.07, 6.45) is 2.58. The number of nitrogens with zero attached hydrogens (tertiary/aromatic N) is 1. The van der Waals surface area contributed by atoms with Crippen LogP contribution in [0.25, 0.3) is 0 Å². The van der Waals surface area contributed by atoms with Gasteiger partial charge in [0, 0.05) is 66.3 Å². The van der Waals surface area contributed by atoms with E-state index in [1.165, 1.54) is 0 Å². The Morgan fingerprint density at radius 2 is 1.84 bits per heavy atom. The lowest BCUT2D eigenvalue weighted by Crippen LogP contribution is -2.39. The third-order valence-electron chi connectivity index (χ3n) is 7.69. The number of hydrogen-bond acceptors (Lipinski definition) is 6. The first-order chi connectivity index (χ1) is 17.7. The maximum absolute atomic E-state index is 13.3. The van der Waals surface area contributed by atoms with Gasteiger partial charge < -0.3 is 25.7 Å². The van der Waals surface area contributed by atoms with Crippen molar-refractivity contribution in [1.29, 1.82) is 0 Å². The Hall–Kier alpha value is -3.17. The summed E-state index contributed by atoms with van der Waals surface area (Å²) >= 11 is 0. The summed E-state index contributed by atoms with van der Waals surface area (Å²) in [5, 5.41) is 9.43. The molecule has 0 spiro atoms. The lowest BCUT2D eigenvalue weighted by atomic mass is 10.0. The van der Waals surface area contributed by atoms with Crippen LogP contribution in [-0.4, -0.2) is 61.1 Å². The molecule has 4 rings (SSSR count). The number of amides is 2.